The Morgan fingerprint density at radius 1 is 1.33 bits per heavy atom. The zero-order valence-electron chi connectivity index (χ0n) is 10.7. The zero-order chi connectivity index (χ0) is 12.5. The number of nitrogens with zero attached hydrogens (tertiary/aromatic N) is 1. The molecule has 5 nitrogen and oxygen atoms in total. The van der Waals surface area contributed by atoms with Crippen molar-refractivity contribution < 1.29 is 9.59 Å². The van der Waals surface area contributed by atoms with Crippen LogP contribution in [0.25, 0.3) is 0 Å². The van der Waals surface area contributed by atoms with Crippen LogP contribution in [-0.2, 0) is 9.59 Å². The van der Waals surface area contributed by atoms with Gasteiger partial charge in [0, 0.05) is 25.7 Å². The highest BCUT2D eigenvalue weighted by molar-refractivity contribution is 5.89. The van der Waals surface area contributed by atoms with Crippen molar-refractivity contribution in [2.24, 2.45) is 5.92 Å². The summed E-state index contributed by atoms with van der Waals surface area (Å²) in [6, 6.07) is 0.0648. The van der Waals surface area contributed by atoms with Crippen molar-refractivity contribution in [3.05, 3.63) is 0 Å². The Kier molecular flexibility index (Phi) is 3.24. The smallest absolute Gasteiger partial charge is 0.240 e. The normalized spacial score (nSPS) is 28.3. The van der Waals surface area contributed by atoms with Crippen LogP contribution in [0.15, 0.2) is 0 Å². The fourth-order valence-corrected chi connectivity index (χ4v) is 2.44. The molecule has 2 aliphatic carbocycles. The highest BCUT2D eigenvalue weighted by Crippen LogP contribution is 2.30. The molecule has 1 heterocycles. The quantitative estimate of drug-likeness (QED) is 0.715. The van der Waals surface area contributed by atoms with Gasteiger partial charge in [-0.15, -0.1) is 0 Å². The fraction of sp³-hybridized carbons (Fsp3) is 0.846. The van der Waals surface area contributed by atoms with Crippen LogP contribution in [0.4, 0.5) is 0 Å². The maximum absolute atomic E-state index is 12.2. The van der Waals surface area contributed by atoms with E-state index in [1.807, 2.05) is 4.90 Å². The summed E-state index contributed by atoms with van der Waals surface area (Å²) in [7, 11) is 0. The first-order chi connectivity index (χ1) is 8.72. The van der Waals surface area contributed by atoms with Crippen LogP contribution in [0.1, 0.15) is 32.1 Å². The van der Waals surface area contributed by atoms with Gasteiger partial charge in [-0.25, -0.2) is 0 Å². The molecule has 1 aliphatic heterocycles. The lowest BCUT2D eigenvalue weighted by Gasteiger charge is -2.33. The maximum Gasteiger partial charge on any atom is 0.240 e. The summed E-state index contributed by atoms with van der Waals surface area (Å²) in [6.07, 6.45) is 4.97. The molecule has 1 unspecified atom stereocenters. The number of piperazine rings is 1. The van der Waals surface area contributed by atoms with Gasteiger partial charge in [0.25, 0.3) is 0 Å². The lowest BCUT2D eigenvalue weighted by Crippen LogP contribution is -2.56. The second kappa shape index (κ2) is 4.88. The van der Waals surface area contributed by atoms with Gasteiger partial charge in [-0.3, -0.25) is 9.59 Å². The Hall–Kier alpha value is -1.10. The Morgan fingerprint density at radius 2 is 2.11 bits per heavy atom. The van der Waals surface area contributed by atoms with E-state index in [9.17, 15) is 9.59 Å². The molecule has 18 heavy (non-hydrogen) atoms. The van der Waals surface area contributed by atoms with Crippen molar-refractivity contribution in [3.63, 3.8) is 0 Å². The number of hydrogen-bond donors (Lipinski definition) is 2. The van der Waals surface area contributed by atoms with Crippen LogP contribution < -0.4 is 10.6 Å². The predicted molar refractivity (Wildman–Crippen MR) is 66.9 cm³/mol. The van der Waals surface area contributed by atoms with Gasteiger partial charge in [-0.05, 0) is 31.6 Å². The fourth-order valence-electron chi connectivity index (χ4n) is 2.44. The van der Waals surface area contributed by atoms with E-state index in [4.69, 9.17) is 0 Å². The van der Waals surface area contributed by atoms with Gasteiger partial charge in [0.05, 0.1) is 12.5 Å². The lowest BCUT2D eigenvalue weighted by atomic mass is 10.1. The number of carbonyl (C=O) groups is 2. The van der Waals surface area contributed by atoms with Crippen LogP contribution in [0.3, 0.4) is 0 Å². The second-order valence-electron chi connectivity index (χ2n) is 5.78. The largest absolute Gasteiger partial charge is 0.353 e. The molecule has 2 N–H and O–H groups in total. The van der Waals surface area contributed by atoms with Gasteiger partial charge in [0.15, 0.2) is 0 Å². The summed E-state index contributed by atoms with van der Waals surface area (Å²) in [5, 5.41) is 6.10. The second-order valence-corrected chi connectivity index (χ2v) is 5.78. The number of amides is 2. The maximum atomic E-state index is 12.2. The molecule has 2 saturated carbocycles. The SMILES string of the molecule is O=C(CC1NCCN(CC2CC2)C1=O)NC1CC1. The number of rotatable bonds is 5. The third kappa shape index (κ3) is 3.02. The highest BCUT2D eigenvalue weighted by Gasteiger charge is 2.34. The first kappa shape index (κ1) is 12.0. The summed E-state index contributed by atoms with van der Waals surface area (Å²) in [5.41, 5.74) is 0. The Bertz CT molecular complexity index is 350. The van der Waals surface area contributed by atoms with E-state index in [2.05, 4.69) is 10.6 Å². The van der Waals surface area contributed by atoms with Crippen molar-refractivity contribution in [1.82, 2.24) is 15.5 Å². The first-order valence-electron chi connectivity index (χ1n) is 7.04. The third-order valence-electron chi connectivity index (χ3n) is 3.89. The summed E-state index contributed by atoms with van der Waals surface area (Å²) in [5.74, 6) is 0.837. The van der Waals surface area contributed by atoms with E-state index in [-0.39, 0.29) is 24.3 Å². The Labute approximate surface area is 107 Å². The van der Waals surface area contributed by atoms with Crippen molar-refractivity contribution in [2.45, 2.75) is 44.2 Å². The molecule has 100 valence electrons. The molecule has 0 radical (unpaired) electrons. The van der Waals surface area contributed by atoms with Crippen LogP contribution in [-0.4, -0.2) is 48.4 Å². The topological polar surface area (TPSA) is 61.4 Å². The molecule has 1 atom stereocenters. The average molecular weight is 251 g/mol. The molecule has 2 amide bonds. The van der Waals surface area contributed by atoms with Crippen LogP contribution in [0.5, 0.6) is 0 Å². The summed E-state index contributed by atoms with van der Waals surface area (Å²) in [6.45, 7) is 2.48. The molecule has 0 bridgehead atoms. The highest BCUT2D eigenvalue weighted by atomic mass is 16.2. The van der Waals surface area contributed by atoms with Crippen molar-refractivity contribution in [3.8, 4) is 0 Å². The van der Waals surface area contributed by atoms with E-state index in [1.54, 1.807) is 0 Å². The Balaban J connectivity index is 1.50. The zero-order valence-corrected chi connectivity index (χ0v) is 10.7. The molecular formula is C13H21N3O2. The van der Waals surface area contributed by atoms with Crippen LogP contribution >= 0.6 is 0 Å². The van der Waals surface area contributed by atoms with Gasteiger partial charge in [-0.2, -0.15) is 0 Å². The summed E-state index contributed by atoms with van der Waals surface area (Å²) < 4.78 is 0. The molecule has 0 spiro atoms. The van der Waals surface area contributed by atoms with E-state index in [0.717, 1.165) is 32.5 Å². The minimum Gasteiger partial charge on any atom is -0.353 e. The lowest BCUT2D eigenvalue weighted by molar-refractivity contribution is -0.138. The van der Waals surface area contributed by atoms with Crippen molar-refractivity contribution >= 4 is 11.8 Å². The van der Waals surface area contributed by atoms with E-state index < -0.39 is 0 Å². The number of nitrogens with one attached hydrogen (secondary N) is 2. The predicted octanol–water partition coefficient (Wildman–Crippen LogP) is -0.134. The molecule has 5 heteroatoms. The van der Waals surface area contributed by atoms with Gasteiger partial charge >= 0.3 is 0 Å². The van der Waals surface area contributed by atoms with E-state index >= 15 is 0 Å². The van der Waals surface area contributed by atoms with Crippen molar-refractivity contribution in [1.29, 1.82) is 0 Å². The van der Waals surface area contributed by atoms with Gasteiger partial charge in [-0.1, -0.05) is 0 Å². The van der Waals surface area contributed by atoms with Crippen LogP contribution in [0, 0.1) is 5.92 Å². The van der Waals surface area contributed by atoms with Gasteiger partial charge < -0.3 is 15.5 Å². The third-order valence-corrected chi connectivity index (χ3v) is 3.89. The van der Waals surface area contributed by atoms with Gasteiger partial charge in [0.2, 0.25) is 11.8 Å². The first-order valence-corrected chi connectivity index (χ1v) is 7.04. The minimum absolute atomic E-state index is 0.0108. The average Bonchev–Trinajstić information content (AvgIpc) is 3.19. The van der Waals surface area contributed by atoms with Gasteiger partial charge in [0.1, 0.15) is 0 Å². The number of hydrogen-bond acceptors (Lipinski definition) is 3. The molecule has 3 aliphatic rings. The molecule has 1 saturated heterocycles. The Morgan fingerprint density at radius 3 is 2.78 bits per heavy atom. The monoisotopic (exact) mass is 251 g/mol. The molecular weight excluding hydrogens is 230 g/mol. The summed E-state index contributed by atoms with van der Waals surface area (Å²) in [4.78, 5) is 25.9. The summed E-state index contributed by atoms with van der Waals surface area (Å²) >= 11 is 0. The minimum atomic E-state index is -0.309. The van der Waals surface area contributed by atoms with E-state index in [1.165, 1.54) is 12.8 Å². The molecule has 0 aromatic carbocycles. The van der Waals surface area contributed by atoms with Crippen molar-refractivity contribution in [2.75, 3.05) is 19.6 Å². The van der Waals surface area contributed by atoms with E-state index in [0.29, 0.717) is 12.0 Å². The molecule has 0 aromatic rings. The molecule has 3 fully saturated rings. The molecule has 0 aromatic heterocycles. The standard InChI is InChI=1S/C13H21N3O2/c17-12(15-10-3-4-10)7-11-13(18)16(6-5-14-11)8-9-1-2-9/h9-11,14H,1-8H2,(H,15,17). The van der Waals surface area contributed by atoms with Crippen LogP contribution in [0.2, 0.25) is 0 Å². The number of carbonyl (C=O) groups excluding carboxylic acids is 2. The molecule has 3 rings (SSSR count).